The number of hydrogen-bond donors (Lipinski definition) is 4. The lowest BCUT2D eigenvalue weighted by molar-refractivity contribution is 0.0873. The summed E-state index contributed by atoms with van der Waals surface area (Å²) in [6, 6.07) is 34.1. The highest BCUT2D eigenvalue weighted by molar-refractivity contribution is 6.34. The molecule has 0 spiro atoms. The number of rotatable bonds is 9. The maximum Gasteiger partial charge on any atom is 0.268 e. The van der Waals surface area contributed by atoms with Gasteiger partial charge in [-0.1, -0.05) is 36.4 Å². The van der Waals surface area contributed by atoms with Gasteiger partial charge in [-0.25, -0.2) is 14.9 Å². The Morgan fingerprint density at radius 1 is 0.550 bits per heavy atom. The van der Waals surface area contributed by atoms with Gasteiger partial charge >= 0.3 is 0 Å². The highest BCUT2D eigenvalue weighted by Gasteiger charge is 2.39. The largest absolute Gasteiger partial charge is 0.457 e. The molecule has 2 aliphatic heterocycles. The molecular formula is C44H26N8O8. The summed E-state index contributed by atoms with van der Waals surface area (Å²) in [4.78, 5) is 103. The lowest BCUT2D eigenvalue weighted by Crippen LogP contribution is -2.31. The number of imide groups is 2. The fourth-order valence-corrected chi connectivity index (χ4v) is 6.68. The molecule has 9 rings (SSSR count). The molecular weight excluding hydrogens is 769 g/mol. The Kier molecular flexibility index (Phi) is 9.09. The van der Waals surface area contributed by atoms with E-state index in [4.69, 9.17) is 4.74 Å². The molecule has 16 heteroatoms. The predicted molar refractivity (Wildman–Crippen MR) is 216 cm³/mol. The Balaban J connectivity index is 0.816. The van der Waals surface area contributed by atoms with Crippen LogP contribution in [0.2, 0.25) is 0 Å². The van der Waals surface area contributed by atoms with Gasteiger partial charge in [0, 0.05) is 28.1 Å². The summed E-state index contributed by atoms with van der Waals surface area (Å²) in [7, 11) is 0. The number of benzene rings is 6. The summed E-state index contributed by atoms with van der Waals surface area (Å²) < 4.78 is 5.91. The molecule has 0 atom stereocenters. The van der Waals surface area contributed by atoms with E-state index in [1.807, 2.05) is 30.3 Å². The highest BCUT2D eigenvalue weighted by Crippen LogP contribution is 2.29. The molecule has 0 fully saturated rings. The van der Waals surface area contributed by atoms with Crippen LogP contribution < -0.4 is 30.9 Å². The lowest BCUT2D eigenvalue weighted by Gasteiger charge is -2.12. The summed E-state index contributed by atoms with van der Waals surface area (Å²) in [6.45, 7) is 0. The Morgan fingerprint density at radius 3 is 1.82 bits per heavy atom. The lowest BCUT2D eigenvalue weighted by atomic mass is 10.0. The van der Waals surface area contributed by atoms with Crippen LogP contribution in [-0.2, 0) is 0 Å². The van der Waals surface area contributed by atoms with Crippen molar-refractivity contribution >= 4 is 75.4 Å². The van der Waals surface area contributed by atoms with Gasteiger partial charge in [-0.15, -0.1) is 0 Å². The molecule has 0 aliphatic carbocycles. The highest BCUT2D eigenvalue weighted by atomic mass is 16.5. The summed E-state index contributed by atoms with van der Waals surface area (Å²) in [5.41, 5.74) is 1.97. The Hall–Kier alpha value is -8.92. The summed E-state index contributed by atoms with van der Waals surface area (Å²) in [5, 5.41) is 11.9. The Labute approximate surface area is 338 Å². The standard InChI is InChI=1S/C44H26N8O8/c53-36(24-8-18-32-34(20-24)40(57)49-38(32)55)47-26-10-14-28(15-11-26)60-29-16-12-27(13-17-29)48-37(54)25-9-19-33-35(21-25)42(59)52(41(33)58)44-46-22-45-43(51-44)50-39(56)31-7-3-5-23-4-1-2-6-30(23)31/h1-22H,(H,47,53)(H,48,54)(H,49,55,57)(H,45,46,50,51,56). The van der Waals surface area contributed by atoms with Crippen LogP contribution in [0, 0.1) is 0 Å². The molecule has 60 heavy (non-hydrogen) atoms. The van der Waals surface area contributed by atoms with Crippen LogP contribution in [0.1, 0.15) is 72.5 Å². The zero-order valence-corrected chi connectivity index (χ0v) is 30.8. The third-order valence-corrected chi connectivity index (χ3v) is 9.63. The van der Waals surface area contributed by atoms with E-state index >= 15 is 0 Å². The SMILES string of the molecule is O=C(Nc1ccc(Oc2ccc(NC(=O)c3ccc4c(c3)C(=O)N(c3ncnc(NC(=O)c5cccc6ccccc56)n3)C4=O)cc2)cc1)c1ccc2c(c1)C(=O)NC2=O. The van der Waals surface area contributed by atoms with Crippen molar-refractivity contribution in [3.05, 3.63) is 173 Å². The number of amides is 7. The minimum Gasteiger partial charge on any atom is -0.457 e. The third kappa shape index (κ3) is 6.92. The van der Waals surface area contributed by atoms with Crippen molar-refractivity contribution in [2.75, 3.05) is 20.9 Å². The maximum atomic E-state index is 13.5. The average Bonchev–Trinajstić information content (AvgIpc) is 3.70. The molecule has 1 aromatic heterocycles. The van der Waals surface area contributed by atoms with E-state index < -0.39 is 41.4 Å². The van der Waals surface area contributed by atoms with E-state index in [2.05, 4.69) is 36.2 Å². The van der Waals surface area contributed by atoms with Crippen LogP contribution in [-0.4, -0.2) is 56.3 Å². The summed E-state index contributed by atoms with van der Waals surface area (Å²) in [5.74, 6) is -3.58. The van der Waals surface area contributed by atoms with E-state index in [0.717, 1.165) is 22.0 Å². The molecule has 0 saturated carbocycles. The number of nitrogens with one attached hydrogen (secondary N) is 4. The monoisotopic (exact) mass is 794 g/mol. The molecule has 0 unspecified atom stereocenters. The number of fused-ring (bicyclic) bond motifs is 3. The van der Waals surface area contributed by atoms with Crippen LogP contribution in [0.5, 0.6) is 11.5 Å². The number of carbonyl (C=O) groups excluding carboxylic acids is 7. The van der Waals surface area contributed by atoms with Crippen molar-refractivity contribution < 1.29 is 38.3 Å². The van der Waals surface area contributed by atoms with Crippen LogP contribution in [0.3, 0.4) is 0 Å². The van der Waals surface area contributed by atoms with Crippen molar-refractivity contribution in [2.45, 2.75) is 0 Å². The number of anilines is 4. The fourth-order valence-electron chi connectivity index (χ4n) is 6.68. The van der Waals surface area contributed by atoms with Gasteiger partial charge in [0.05, 0.1) is 22.3 Å². The molecule has 0 bridgehead atoms. The predicted octanol–water partition coefficient (Wildman–Crippen LogP) is 6.26. The Bertz CT molecular complexity index is 3000. The molecule has 16 nitrogen and oxygen atoms in total. The molecule has 0 radical (unpaired) electrons. The van der Waals surface area contributed by atoms with Gasteiger partial charge in [0.15, 0.2) is 0 Å². The van der Waals surface area contributed by atoms with E-state index in [1.165, 1.54) is 36.4 Å². The number of aromatic nitrogens is 3. The van der Waals surface area contributed by atoms with E-state index in [1.54, 1.807) is 60.7 Å². The molecule has 2 aliphatic rings. The third-order valence-electron chi connectivity index (χ3n) is 9.63. The average molecular weight is 795 g/mol. The van der Waals surface area contributed by atoms with Gasteiger partial charge in [-0.2, -0.15) is 4.98 Å². The van der Waals surface area contributed by atoms with Crippen LogP contribution >= 0.6 is 0 Å². The second-order valence-corrected chi connectivity index (χ2v) is 13.4. The van der Waals surface area contributed by atoms with Gasteiger partial charge < -0.3 is 15.4 Å². The van der Waals surface area contributed by atoms with Crippen molar-refractivity contribution in [2.24, 2.45) is 0 Å². The smallest absolute Gasteiger partial charge is 0.268 e. The zero-order chi connectivity index (χ0) is 41.5. The molecule has 7 amide bonds. The molecule has 0 saturated heterocycles. The molecule has 7 aromatic rings. The first-order valence-electron chi connectivity index (χ1n) is 18.1. The summed E-state index contributed by atoms with van der Waals surface area (Å²) >= 11 is 0. The van der Waals surface area contributed by atoms with Gasteiger partial charge in [-0.3, -0.25) is 44.2 Å². The van der Waals surface area contributed by atoms with Gasteiger partial charge in [0.25, 0.3) is 41.4 Å². The molecule has 290 valence electrons. The van der Waals surface area contributed by atoms with E-state index in [-0.39, 0.29) is 45.3 Å². The van der Waals surface area contributed by atoms with Crippen LogP contribution in [0.4, 0.5) is 23.3 Å². The second kappa shape index (κ2) is 14.9. The second-order valence-electron chi connectivity index (χ2n) is 13.4. The van der Waals surface area contributed by atoms with Crippen molar-refractivity contribution in [3.63, 3.8) is 0 Å². The van der Waals surface area contributed by atoms with Gasteiger partial charge in [-0.05, 0) is 102 Å². The number of carbonyl (C=O) groups is 7. The van der Waals surface area contributed by atoms with Crippen LogP contribution in [0.25, 0.3) is 10.8 Å². The van der Waals surface area contributed by atoms with Crippen molar-refractivity contribution in [1.29, 1.82) is 0 Å². The molecule has 6 aromatic carbocycles. The zero-order valence-electron chi connectivity index (χ0n) is 30.8. The number of hydrogen-bond acceptors (Lipinski definition) is 11. The number of ether oxygens (including phenoxy) is 1. The first kappa shape index (κ1) is 36.7. The van der Waals surface area contributed by atoms with Gasteiger partial charge in [0.2, 0.25) is 11.9 Å². The summed E-state index contributed by atoms with van der Waals surface area (Å²) in [6.07, 6.45) is 1.07. The Morgan fingerprint density at radius 2 is 1.13 bits per heavy atom. The fraction of sp³-hybridized carbons (Fsp3) is 0. The van der Waals surface area contributed by atoms with Crippen molar-refractivity contribution in [3.8, 4) is 11.5 Å². The van der Waals surface area contributed by atoms with Crippen LogP contribution in [0.15, 0.2) is 134 Å². The number of nitrogens with zero attached hydrogens (tertiary/aromatic N) is 4. The first-order valence-corrected chi connectivity index (χ1v) is 18.1. The molecule has 4 N–H and O–H groups in total. The maximum absolute atomic E-state index is 13.5. The normalized spacial score (nSPS) is 12.8. The first-order chi connectivity index (χ1) is 29.1. The van der Waals surface area contributed by atoms with Gasteiger partial charge in [0.1, 0.15) is 17.8 Å². The minimum absolute atomic E-state index is 0.0290. The quantitative estimate of drug-likeness (QED) is 0.120. The van der Waals surface area contributed by atoms with E-state index in [9.17, 15) is 33.6 Å². The minimum atomic E-state index is -0.757. The topological polar surface area (TPSA) is 219 Å². The van der Waals surface area contributed by atoms with Crippen molar-refractivity contribution in [1.82, 2.24) is 20.3 Å². The molecule has 3 heterocycles. The van der Waals surface area contributed by atoms with E-state index in [0.29, 0.717) is 28.4 Å².